The molecule has 3 rings (SSSR count). The van der Waals surface area contributed by atoms with E-state index in [-0.39, 0.29) is 10.5 Å². The molecular formula is C25H27NO5S. The summed E-state index contributed by atoms with van der Waals surface area (Å²) in [5.74, 6) is -0.341. The molecule has 3 aromatic carbocycles. The zero-order chi connectivity index (χ0) is 23.0. The van der Waals surface area contributed by atoms with E-state index in [4.69, 9.17) is 4.74 Å². The van der Waals surface area contributed by atoms with Crippen LogP contribution in [0.2, 0.25) is 0 Å². The summed E-state index contributed by atoms with van der Waals surface area (Å²) in [5.41, 5.74) is 2.22. The Bertz CT molecular complexity index is 1160. The molecule has 0 spiro atoms. The molecule has 6 nitrogen and oxygen atoms in total. The number of nitrogens with one attached hydrogen (secondary N) is 1. The first-order valence-corrected chi connectivity index (χ1v) is 12.0. The Morgan fingerprint density at radius 3 is 2.22 bits per heavy atom. The number of para-hydroxylation sites is 1. The molecule has 0 amide bonds. The number of aromatic carboxylic acids is 1. The minimum absolute atomic E-state index is 0.145. The molecule has 168 valence electrons. The lowest BCUT2D eigenvalue weighted by atomic mass is 9.99. The third kappa shape index (κ3) is 6.11. The molecule has 0 fully saturated rings. The van der Waals surface area contributed by atoms with E-state index in [1.54, 1.807) is 48.5 Å². The van der Waals surface area contributed by atoms with Crippen molar-refractivity contribution < 1.29 is 23.1 Å². The normalized spacial score (nSPS) is 11.2. The van der Waals surface area contributed by atoms with Crippen molar-refractivity contribution in [3.63, 3.8) is 0 Å². The number of carboxylic acids is 1. The van der Waals surface area contributed by atoms with Gasteiger partial charge in [0.25, 0.3) is 10.0 Å². The number of anilines is 1. The van der Waals surface area contributed by atoms with Gasteiger partial charge in [0.1, 0.15) is 5.75 Å². The number of aryl methyl sites for hydroxylation is 2. The number of unbranched alkanes of at least 4 members (excludes halogenated alkanes) is 1. The van der Waals surface area contributed by atoms with Gasteiger partial charge in [-0.3, -0.25) is 4.72 Å². The van der Waals surface area contributed by atoms with Gasteiger partial charge in [-0.15, -0.1) is 0 Å². The molecule has 0 atom stereocenters. The molecule has 0 aliphatic heterocycles. The van der Waals surface area contributed by atoms with Crippen LogP contribution in [0.15, 0.2) is 77.7 Å². The number of hydrogen-bond donors (Lipinski definition) is 2. The highest BCUT2D eigenvalue weighted by Gasteiger charge is 2.17. The number of carboxylic acid groups (broad SMARTS) is 1. The average molecular weight is 454 g/mol. The Kier molecular flexibility index (Phi) is 7.89. The van der Waals surface area contributed by atoms with E-state index in [9.17, 15) is 18.3 Å². The summed E-state index contributed by atoms with van der Waals surface area (Å²) in [4.78, 5) is 11.6. The smallest absolute Gasteiger partial charge is 0.335 e. The van der Waals surface area contributed by atoms with Crippen LogP contribution in [0.5, 0.6) is 5.75 Å². The van der Waals surface area contributed by atoms with E-state index < -0.39 is 16.0 Å². The van der Waals surface area contributed by atoms with Gasteiger partial charge < -0.3 is 9.84 Å². The van der Waals surface area contributed by atoms with Crippen LogP contribution >= 0.6 is 0 Å². The molecule has 0 saturated carbocycles. The molecule has 3 aromatic rings. The monoisotopic (exact) mass is 453 g/mol. The second-order valence-corrected chi connectivity index (χ2v) is 9.08. The number of benzene rings is 3. The van der Waals surface area contributed by atoms with Crippen LogP contribution in [-0.4, -0.2) is 26.1 Å². The maximum Gasteiger partial charge on any atom is 0.335 e. The number of hydrogen-bond acceptors (Lipinski definition) is 4. The topological polar surface area (TPSA) is 92.7 Å². The molecule has 0 saturated heterocycles. The summed E-state index contributed by atoms with van der Waals surface area (Å²) in [6.07, 6.45) is 2.94. The molecule has 0 aromatic heterocycles. The molecule has 0 bridgehead atoms. The van der Waals surface area contributed by atoms with Crippen molar-refractivity contribution in [3.05, 3.63) is 89.5 Å². The Hall–Kier alpha value is -3.32. The SMILES string of the molecule is CCCCOc1ccc(S(=O)(=O)Nc2ccccc2CCc2ccccc2C(=O)O)cc1. The van der Waals surface area contributed by atoms with Gasteiger partial charge >= 0.3 is 5.97 Å². The van der Waals surface area contributed by atoms with Crippen molar-refractivity contribution in [3.8, 4) is 5.75 Å². The lowest BCUT2D eigenvalue weighted by molar-refractivity contribution is 0.0695. The van der Waals surface area contributed by atoms with Crippen LogP contribution < -0.4 is 9.46 Å². The summed E-state index contributed by atoms with van der Waals surface area (Å²) in [5, 5.41) is 9.38. The van der Waals surface area contributed by atoms with Crippen LogP contribution in [0.3, 0.4) is 0 Å². The van der Waals surface area contributed by atoms with Crippen molar-refractivity contribution in [1.29, 1.82) is 0 Å². The molecule has 0 radical (unpaired) electrons. The summed E-state index contributed by atoms with van der Waals surface area (Å²) >= 11 is 0. The van der Waals surface area contributed by atoms with Gasteiger partial charge in [0, 0.05) is 0 Å². The van der Waals surface area contributed by atoms with E-state index >= 15 is 0 Å². The van der Waals surface area contributed by atoms with E-state index in [1.807, 2.05) is 12.1 Å². The summed E-state index contributed by atoms with van der Waals surface area (Å²) in [6.45, 7) is 2.67. The van der Waals surface area contributed by atoms with Crippen molar-refractivity contribution in [2.45, 2.75) is 37.5 Å². The highest BCUT2D eigenvalue weighted by Crippen LogP contribution is 2.24. The Balaban J connectivity index is 1.73. The van der Waals surface area contributed by atoms with Crippen LogP contribution in [-0.2, 0) is 22.9 Å². The van der Waals surface area contributed by atoms with Crippen LogP contribution in [0.4, 0.5) is 5.69 Å². The summed E-state index contributed by atoms with van der Waals surface area (Å²) in [6, 6.07) is 20.3. The van der Waals surface area contributed by atoms with E-state index in [0.717, 1.165) is 18.4 Å². The number of sulfonamides is 1. The third-order valence-electron chi connectivity index (χ3n) is 5.07. The lowest BCUT2D eigenvalue weighted by Gasteiger charge is -2.14. The van der Waals surface area contributed by atoms with Crippen molar-refractivity contribution >= 4 is 21.7 Å². The summed E-state index contributed by atoms with van der Waals surface area (Å²) in [7, 11) is -3.78. The van der Waals surface area contributed by atoms with Crippen molar-refractivity contribution in [1.82, 2.24) is 0 Å². The predicted octanol–water partition coefficient (Wildman–Crippen LogP) is 5.15. The predicted molar refractivity (Wildman–Crippen MR) is 125 cm³/mol. The standard InChI is InChI=1S/C25H27NO5S/c1-2-3-18-31-21-14-16-22(17-15-21)32(29,30)26-24-11-7-5-9-20(24)13-12-19-8-4-6-10-23(19)25(27)28/h4-11,14-17,26H,2-3,12-13,18H2,1H3,(H,27,28). The van der Waals surface area contributed by atoms with Crippen molar-refractivity contribution in [2.75, 3.05) is 11.3 Å². The van der Waals surface area contributed by atoms with Crippen LogP contribution in [0.1, 0.15) is 41.3 Å². The fourth-order valence-corrected chi connectivity index (χ4v) is 4.41. The van der Waals surface area contributed by atoms with Gasteiger partial charge in [0.2, 0.25) is 0 Å². The Labute approximate surface area is 188 Å². The molecule has 32 heavy (non-hydrogen) atoms. The number of carbonyl (C=O) groups is 1. The molecule has 7 heteroatoms. The van der Waals surface area contributed by atoms with Gasteiger partial charge in [0.15, 0.2) is 0 Å². The quantitative estimate of drug-likeness (QED) is 0.392. The Morgan fingerprint density at radius 1 is 0.906 bits per heavy atom. The number of ether oxygens (including phenoxy) is 1. The second kappa shape index (κ2) is 10.8. The van der Waals surface area contributed by atoms with Gasteiger partial charge in [-0.1, -0.05) is 49.7 Å². The highest BCUT2D eigenvalue weighted by molar-refractivity contribution is 7.92. The fraction of sp³-hybridized carbons (Fsp3) is 0.240. The molecule has 0 heterocycles. The first-order chi connectivity index (χ1) is 15.4. The van der Waals surface area contributed by atoms with Gasteiger partial charge in [-0.25, -0.2) is 13.2 Å². The molecule has 0 aliphatic rings. The molecule has 0 unspecified atom stereocenters. The second-order valence-electron chi connectivity index (χ2n) is 7.40. The molecular weight excluding hydrogens is 426 g/mol. The van der Waals surface area contributed by atoms with Crippen LogP contribution in [0, 0.1) is 0 Å². The van der Waals surface area contributed by atoms with Gasteiger partial charge in [-0.05, 0) is 66.8 Å². The molecule has 0 aliphatic carbocycles. The first kappa shape index (κ1) is 23.3. The number of rotatable bonds is 11. The zero-order valence-electron chi connectivity index (χ0n) is 18.0. The van der Waals surface area contributed by atoms with E-state index in [1.165, 1.54) is 12.1 Å². The van der Waals surface area contributed by atoms with E-state index in [2.05, 4.69) is 11.6 Å². The Morgan fingerprint density at radius 2 is 1.53 bits per heavy atom. The minimum Gasteiger partial charge on any atom is -0.494 e. The van der Waals surface area contributed by atoms with Crippen LogP contribution in [0.25, 0.3) is 0 Å². The maximum atomic E-state index is 12.9. The van der Waals surface area contributed by atoms with E-state index in [0.29, 0.717) is 36.4 Å². The maximum absolute atomic E-state index is 12.9. The van der Waals surface area contributed by atoms with Gasteiger partial charge in [-0.2, -0.15) is 0 Å². The highest BCUT2D eigenvalue weighted by atomic mass is 32.2. The largest absolute Gasteiger partial charge is 0.494 e. The lowest BCUT2D eigenvalue weighted by Crippen LogP contribution is -2.14. The third-order valence-corrected chi connectivity index (χ3v) is 6.46. The summed E-state index contributed by atoms with van der Waals surface area (Å²) < 4.78 is 34.1. The van der Waals surface area contributed by atoms with Crippen molar-refractivity contribution in [2.24, 2.45) is 0 Å². The first-order valence-electron chi connectivity index (χ1n) is 10.6. The van der Waals surface area contributed by atoms with Gasteiger partial charge in [0.05, 0.1) is 22.8 Å². The molecule has 2 N–H and O–H groups in total. The fourth-order valence-electron chi connectivity index (χ4n) is 3.31. The zero-order valence-corrected chi connectivity index (χ0v) is 18.8. The minimum atomic E-state index is -3.78. The average Bonchev–Trinajstić information content (AvgIpc) is 2.79.